The normalized spacial score (nSPS) is 10.3. The van der Waals surface area contributed by atoms with E-state index in [9.17, 15) is 4.39 Å². The van der Waals surface area contributed by atoms with Crippen LogP contribution in [-0.4, -0.2) is 16.4 Å². The third-order valence-corrected chi connectivity index (χ3v) is 3.35. The summed E-state index contributed by atoms with van der Waals surface area (Å²) in [5.41, 5.74) is 1.55. The van der Waals surface area contributed by atoms with Gasteiger partial charge in [0.05, 0.1) is 16.8 Å². The predicted molar refractivity (Wildman–Crippen MR) is 72.2 cm³/mol. The lowest BCUT2D eigenvalue weighted by molar-refractivity contribution is 0.321. The van der Waals surface area contributed by atoms with Crippen molar-refractivity contribution in [2.75, 3.05) is 6.61 Å². The van der Waals surface area contributed by atoms with Gasteiger partial charge in [0.1, 0.15) is 6.07 Å². The Bertz CT molecular complexity index is 661. The van der Waals surface area contributed by atoms with Crippen molar-refractivity contribution in [3.63, 3.8) is 0 Å². The Labute approximate surface area is 118 Å². The van der Waals surface area contributed by atoms with Crippen LogP contribution in [0.4, 0.5) is 4.39 Å². The van der Waals surface area contributed by atoms with Crippen LogP contribution in [-0.2, 0) is 7.05 Å². The zero-order valence-electron chi connectivity index (χ0n) is 10.4. The SMILES string of the molecule is CCOc1ccc(-c2c(Br)c(C#N)nn2C)cc1F. The number of halogens is 2. The first-order chi connectivity index (χ1) is 9.08. The highest BCUT2D eigenvalue weighted by Gasteiger charge is 2.16. The fraction of sp³-hybridized carbons (Fsp3) is 0.231. The van der Waals surface area contributed by atoms with Crippen molar-refractivity contribution in [1.29, 1.82) is 5.26 Å². The number of nitrogens with zero attached hydrogens (tertiary/aromatic N) is 3. The molecule has 0 spiro atoms. The Morgan fingerprint density at radius 1 is 1.53 bits per heavy atom. The molecule has 2 rings (SSSR count). The summed E-state index contributed by atoms with van der Waals surface area (Å²) >= 11 is 3.31. The standard InChI is InChI=1S/C13H11BrFN3O/c1-3-19-11-5-4-8(6-9(11)15)13-12(14)10(7-16)17-18(13)2/h4-6H,3H2,1-2H3. The molecule has 0 aliphatic rings. The Morgan fingerprint density at radius 2 is 2.26 bits per heavy atom. The van der Waals surface area contributed by atoms with Gasteiger partial charge in [-0.3, -0.25) is 4.68 Å². The summed E-state index contributed by atoms with van der Waals surface area (Å²) in [5.74, 6) is -0.226. The van der Waals surface area contributed by atoms with Gasteiger partial charge in [0, 0.05) is 12.6 Å². The number of aryl methyl sites for hydroxylation is 1. The minimum absolute atomic E-state index is 0.213. The molecule has 0 bridgehead atoms. The van der Waals surface area contributed by atoms with Crippen LogP contribution in [0.5, 0.6) is 5.75 Å². The van der Waals surface area contributed by atoms with Crippen LogP contribution in [0, 0.1) is 17.1 Å². The predicted octanol–water partition coefficient (Wildman–Crippen LogP) is 3.26. The average molecular weight is 324 g/mol. The van der Waals surface area contributed by atoms with Gasteiger partial charge in [0.2, 0.25) is 0 Å². The molecule has 0 unspecified atom stereocenters. The van der Waals surface area contributed by atoms with Gasteiger partial charge in [-0.15, -0.1) is 0 Å². The average Bonchev–Trinajstić information content (AvgIpc) is 2.67. The minimum Gasteiger partial charge on any atom is -0.491 e. The van der Waals surface area contributed by atoms with Gasteiger partial charge in [-0.1, -0.05) is 0 Å². The number of hydrogen-bond acceptors (Lipinski definition) is 3. The molecule has 0 radical (unpaired) electrons. The van der Waals surface area contributed by atoms with Crippen molar-refractivity contribution >= 4 is 15.9 Å². The van der Waals surface area contributed by atoms with Crippen molar-refractivity contribution in [3.8, 4) is 23.1 Å². The molecule has 1 aromatic carbocycles. The van der Waals surface area contributed by atoms with Gasteiger partial charge in [-0.2, -0.15) is 10.4 Å². The van der Waals surface area contributed by atoms with Crippen LogP contribution < -0.4 is 4.74 Å². The van der Waals surface area contributed by atoms with Gasteiger partial charge in [-0.05, 0) is 41.1 Å². The van der Waals surface area contributed by atoms with E-state index in [0.29, 0.717) is 22.3 Å². The summed E-state index contributed by atoms with van der Waals surface area (Å²) in [5, 5.41) is 13.0. The molecule has 0 N–H and O–H groups in total. The topological polar surface area (TPSA) is 50.8 Å². The van der Waals surface area contributed by atoms with E-state index in [1.54, 1.807) is 26.1 Å². The summed E-state index contributed by atoms with van der Waals surface area (Å²) in [6, 6.07) is 6.65. The third-order valence-electron chi connectivity index (χ3n) is 2.60. The quantitative estimate of drug-likeness (QED) is 0.871. The van der Waals surface area contributed by atoms with E-state index in [2.05, 4.69) is 21.0 Å². The largest absolute Gasteiger partial charge is 0.491 e. The lowest BCUT2D eigenvalue weighted by Crippen LogP contribution is -1.97. The number of rotatable bonds is 3. The van der Waals surface area contributed by atoms with Crippen LogP contribution in [0.1, 0.15) is 12.6 Å². The van der Waals surface area contributed by atoms with E-state index in [4.69, 9.17) is 10.00 Å². The highest BCUT2D eigenvalue weighted by atomic mass is 79.9. The Balaban J connectivity index is 2.52. The Morgan fingerprint density at radius 3 is 2.79 bits per heavy atom. The van der Waals surface area contributed by atoms with Crippen molar-refractivity contribution < 1.29 is 9.13 Å². The zero-order chi connectivity index (χ0) is 14.0. The smallest absolute Gasteiger partial charge is 0.177 e. The maximum Gasteiger partial charge on any atom is 0.177 e. The molecule has 1 aromatic heterocycles. The fourth-order valence-electron chi connectivity index (χ4n) is 1.80. The molecule has 2 aromatic rings. The van der Waals surface area contributed by atoms with Crippen molar-refractivity contribution in [1.82, 2.24) is 9.78 Å². The van der Waals surface area contributed by atoms with Crippen molar-refractivity contribution in [2.45, 2.75) is 6.92 Å². The number of ether oxygens (including phenoxy) is 1. The Kier molecular flexibility index (Phi) is 3.86. The second-order valence-electron chi connectivity index (χ2n) is 3.82. The second-order valence-corrected chi connectivity index (χ2v) is 4.62. The Hall–Kier alpha value is -1.87. The van der Waals surface area contributed by atoms with E-state index in [1.165, 1.54) is 10.7 Å². The fourth-order valence-corrected chi connectivity index (χ4v) is 2.46. The molecular weight excluding hydrogens is 313 g/mol. The summed E-state index contributed by atoms with van der Waals surface area (Å²) in [4.78, 5) is 0. The summed E-state index contributed by atoms with van der Waals surface area (Å²) in [6.45, 7) is 2.20. The molecule has 0 aliphatic carbocycles. The summed E-state index contributed by atoms with van der Waals surface area (Å²) in [6.07, 6.45) is 0. The van der Waals surface area contributed by atoms with E-state index in [1.807, 2.05) is 6.07 Å². The molecule has 0 fully saturated rings. The van der Waals surface area contributed by atoms with Crippen LogP contribution >= 0.6 is 15.9 Å². The molecule has 0 amide bonds. The molecule has 4 nitrogen and oxygen atoms in total. The molecule has 1 heterocycles. The summed E-state index contributed by atoms with van der Waals surface area (Å²) < 4.78 is 21.1. The third kappa shape index (κ3) is 2.47. The number of benzene rings is 1. The van der Waals surface area contributed by atoms with Crippen LogP contribution in [0.3, 0.4) is 0 Å². The molecule has 19 heavy (non-hydrogen) atoms. The lowest BCUT2D eigenvalue weighted by Gasteiger charge is -2.07. The van der Waals surface area contributed by atoms with Gasteiger partial charge >= 0.3 is 0 Å². The molecular formula is C13H11BrFN3O. The first-order valence-corrected chi connectivity index (χ1v) is 6.43. The maximum absolute atomic E-state index is 13.8. The summed E-state index contributed by atoms with van der Waals surface area (Å²) in [7, 11) is 1.70. The second kappa shape index (κ2) is 5.41. The molecule has 0 saturated carbocycles. The highest BCUT2D eigenvalue weighted by Crippen LogP contribution is 2.32. The van der Waals surface area contributed by atoms with E-state index < -0.39 is 5.82 Å². The number of hydrogen-bond donors (Lipinski definition) is 0. The minimum atomic E-state index is -0.439. The molecule has 0 atom stereocenters. The van der Waals surface area contributed by atoms with Crippen LogP contribution in [0.15, 0.2) is 22.7 Å². The van der Waals surface area contributed by atoms with E-state index in [-0.39, 0.29) is 11.4 Å². The first kappa shape index (κ1) is 13.6. The lowest BCUT2D eigenvalue weighted by atomic mass is 10.1. The van der Waals surface area contributed by atoms with E-state index in [0.717, 1.165) is 0 Å². The monoisotopic (exact) mass is 323 g/mol. The van der Waals surface area contributed by atoms with Crippen molar-refractivity contribution in [2.24, 2.45) is 7.05 Å². The van der Waals surface area contributed by atoms with Crippen LogP contribution in [0.2, 0.25) is 0 Å². The van der Waals surface area contributed by atoms with Gasteiger partial charge < -0.3 is 4.74 Å². The maximum atomic E-state index is 13.8. The molecule has 6 heteroatoms. The van der Waals surface area contributed by atoms with Crippen LogP contribution in [0.25, 0.3) is 11.3 Å². The van der Waals surface area contributed by atoms with Gasteiger partial charge in [0.25, 0.3) is 0 Å². The first-order valence-electron chi connectivity index (χ1n) is 5.63. The number of nitriles is 1. The molecule has 0 aliphatic heterocycles. The zero-order valence-corrected chi connectivity index (χ0v) is 12.0. The molecule has 98 valence electrons. The number of aromatic nitrogens is 2. The highest BCUT2D eigenvalue weighted by molar-refractivity contribution is 9.10. The molecule has 0 saturated heterocycles. The van der Waals surface area contributed by atoms with E-state index >= 15 is 0 Å². The van der Waals surface area contributed by atoms with Gasteiger partial charge in [0.15, 0.2) is 17.3 Å². The van der Waals surface area contributed by atoms with Crippen molar-refractivity contribution in [3.05, 3.63) is 34.2 Å². The van der Waals surface area contributed by atoms with Gasteiger partial charge in [-0.25, -0.2) is 4.39 Å².